The van der Waals surface area contributed by atoms with Crippen LogP contribution in [0, 0.1) is 0 Å². The minimum absolute atomic E-state index is 0.0248. The van der Waals surface area contributed by atoms with Crippen molar-refractivity contribution in [1.29, 1.82) is 0 Å². The highest BCUT2D eigenvalue weighted by Gasteiger charge is 2.50. The quantitative estimate of drug-likeness (QED) is 0.545. The summed E-state index contributed by atoms with van der Waals surface area (Å²) in [6.07, 6.45) is -3.71. The molecule has 0 radical (unpaired) electrons. The van der Waals surface area contributed by atoms with E-state index in [9.17, 15) is 27.6 Å². The van der Waals surface area contributed by atoms with Gasteiger partial charge in [-0.15, -0.1) is 11.8 Å². The first-order chi connectivity index (χ1) is 10.5. The van der Waals surface area contributed by atoms with Crippen LogP contribution in [0.3, 0.4) is 0 Å². The molecule has 132 valence electrons. The fourth-order valence-corrected chi connectivity index (χ4v) is 4.42. The zero-order valence-corrected chi connectivity index (χ0v) is 14.0. The lowest BCUT2D eigenvalue weighted by molar-refractivity contribution is -0.180. The van der Waals surface area contributed by atoms with Gasteiger partial charge in [-0.25, -0.2) is 0 Å². The van der Waals surface area contributed by atoms with E-state index < -0.39 is 46.3 Å². The molecule has 11 heteroatoms. The van der Waals surface area contributed by atoms with Gasteiger partial charge in [0, 0.05) is 26.5 Å². The second-order valence-electron chi connectivity index (χ2n) is 4.56. The van der Waals surface area contributed by atoms with Crippen LogP contribution in [0.1, 0.15) is 20.8 Å². The molecular weight excluding hydrogens is 361 g/mol. The van der Waals surface area contributed by atoms with E-state index in [-0.39, 0.29) is 17.5 Å². The molecule has 1 aliphatic rings. The zero-order chi connectivity index (χ0) is 17.8. The Labute approximate surface area is 138 Å². The van der Waals surface area contributed by atoms with Crippen molar-refractivity contribution in [1.82, 2.24) is 0 Å². The van der Waals surface area contributed by atoms with Gasteiger partial charge in [-0.05, 0) is 11.8 Å². The Morgan fingerprint density at radius 2 is 1.43 bits per heavy atom. The Morgan fingerprint density at radius 3 is 1.87 bits per heavy atom. The topological polar surface area (TPSA) is 78.9 Å². The number of halogens is 3. The highest BCUT2D eigenvalue weighted by molar-refractivity contribution is 8.17. The molecule has 0 unspecified atom stereocenters. The Bertz CT molecular complexity index is 470. The summed E-state index contributed by atoms with van der Waals surface area (Å²) in [6, 6.07) is 0. The summed E-state index contributed by atoms with van der Waals surface area (Å²) in [6.45, 7) is 3.20. The highest BCUT2D eigenvalue weighted by atomic mass is 32.2. The maximum Gasteiger partial charge on any atom is 0.443 e. The van der Waals surface area contributed by atoms with E-state index in [2.05, 4.69) is 0 Å². The van der Waals surface area contributed by atoms with Crippen molar-refractivity contribution < 1.29 is 41.8 Å². The molecule has 1 rings (SSSR count). The van der Waals surface area contributed by atoms with Gasteiger partial charge in [0.25, 0.3) is 0 Å². The number of thioether (sulfide) groups is 2. The van der Waals surface area contributed by atoms with Crippen molar-refractivity contribution in [2.75, 3.05) is 5.75 Å². The first kappa shape index (κ1) is 19.9. The summed E-state index contributed by atoms with van der Waals surface area (Å²) in [5, 5.41) is 0. The van der Waals surface area contributed by atoms with Gasteiger partial charge in [0.15, 0.2) is 18.3 Å². The molecule has 1 fully saturated rings. The zero-order valence-electron chi connectivity index (χ0n) is 12.4. The maximum absolute atomic E-state index is 12.7. The van der Waals surface area contributed by atoms with Gasteiger partial charge in [0.1, 0.15) is 0 Å². The third-order valence-corrected chi connectivity index (χ3v) is 5.14. The number of esters is 3. The molecule has 6 nitrogen and oxygen atoms in total. The molecule has 4 atom stereocenters. The van der Waals surface area contributed by atoms with E-state index in [1.165, 1.54) is 0 Å². The first-order valence-electron chi connectivity index (χ1n) is 6.37. The van der Waals surface area contributed by atoms with Crippen LogP contribution in [-0.2, 0) is 28.6 Å². The third-order valence-electron chi connectivity index (χ3n) is 2.55. The predicted octanol–water partition coefficient (Wildman–Crippen LogP) is 2.11. The summed E-state index contributed by atoms with van der Waals surface area (Å²) < 4.78 is 51.6. The van der Waals surface area contributed by atoms with E-state index in [4.69, 9.17) is 14.2 Å². The molecule has 1 heterocycles. The largest absolute Gasteiger partial charge is 0.458 e. The smallest absolute Gasteiger partial charge is 0.443 e. The number of carbonyl (C=O) groups is 3. The lowest BCUT2D eigenvalue weighted by Gasteiger charge is -2.39. The van der Waals surface area contributed by atoms with Crippen molar-refractivity contribution >= 4 is 41.4 Å². The average molecular weight is 376 g/mol. The normalized spacial score (nSPS) is 27.9. The molecule has 0 aromatic heterocycles. The Kier molecular flexibility index (Phi) is 7.05. The number of ether oxygens (including phenoxy) is 3. The number of alkyl halides is 3. The molecular formula is C12H15F3O6S2. The van der Waals surface area contributed by atoms with Crippen molar-refractivity contribution in [3.05, 3.63) is 0 Å². The second-order valence-corrected chi connectivity index (χ2v) is 7.24. The summed E-state index contributed by atoms with van der Waals surface area (Å²) in [5.74, 6) is -2.32. The van der Waals surface area contributed by atoms with Crippen LogP contribution in [0.5, 0.6) is 0 Å². The van der Waals surface area contributed by atoms with Crippen LogP contribution in [-0.4, -0.2) is 52.1 Å². The SMILES string of the molecule is CC(=O)O[C@@H]1[C@@H](OC(C)=O)[C@H](SC(F)(F)F)SC[C@H]1OC(C)=O. The molecule has 0 aliphatic carbocycles. The Hall–Kier alpha value is -1.10. The van der Waals surface area contributed by atoms with E-state index in [1.54, 1.807) is 0 Å². The van der Waals surface area contributed by atoms with Crippen molar-refractivity contribution in [3.8, 4) is 0 Å². The molecule has 23 heavy (non-hydrogen) atoms. The number of rotatable bonds is 4. The second kappa shape index (κ2) is 8.13. The standard InChI is InChI=1S/C12H15F3O6S2/c1-5(16)19-8-4-22-11(23-12(13,14)15)10(21-7(3)18)9(8)20-6(2)17/h8-11H,4H2,1-3H3/t8-,9+,10-,11+/m1/s1. The maximum atomic E-state index is 12.7. The first-order valence-corrected chi connectivity index (χ1v) is 8.30. The molecule has 0 aromatic rings. The van der Waals surface area contributed by atoms with Crippen LogP contribution in [0.15, 0.2) is 0 Å². The third kappa shape index (κ3) is 6.90. The van der Waals surface area contributed by atoms with Gasteiger partial charge in [0.05, 0.1) is 4.58 Å². The van der Waals surface area contributed by atoms with Gasteiger partial charge < -0.3 is 14.2 Å². The lowest BCUT2D eigenvalue weighted by Crippen LogP contribution is -2.53. The summed E-state index contributed by atoms with van der Waals surface area (Å²) in [5.41, 5.74) is -4.56. The minimum atomic E-state index is -4.56. The van der Waals surface area contributed by atoms with Crippen molar-refractivity contribution in [2.24, 2.45) is 0 Å². The van der Waals surface area contributed by atoms with Gasteiger partial charge in [-0.1, -0.05) is 0 Å². The Morgan fingerprint density at radius 1 is 0.957 bits per heavy atom. The summed E-state index contributed by atoms with van der Waals surface area (Å²) >= 11 is 0.452. The monoisotopic (exact) mass is 376 g/mol. The van der Waals surface area contributed by atoms with Crippen molar-refractivity contribution in [2.45, 2.75) is 49.2 Å². The van der Waals surface area contributed by atoms with Crippen LogP contribution in [0.2, 0.25) is 0 Å². The van der Waals surface area contributed by atoms with Crippen LogP contribution >= 0.6 is 23.5 Å². The van der Waals surface area contributed by atoms with Crippen LogP contribution in [0.25, 0.3) is 0 Å². The highest BCUT2D eigenvalue weighted by Crippen LogP contribution is 2.45. The average Bonchev–Trinajstić information content (AvgIpc) is 2.33. The van der Waals surface area contributed by atoms with Gasteiger partial charge >= 0.3 is 23.4 Å². The van der Waals surface area contributed by atoms with Gasteiger partial charge in [-0.2, -0.15) is 13.2 Å². The number of carbonyl (C=O) groups excluding carboxylic acids is 3. The number of hydrogen-bond donors (Lipinski definition) is 0. The molecule has 0 amide bonds. The van der Waals surface area contributed by atoms with Crippen LogP contribution in [0.4, 0.5) is 13.2 Å². The van der Waals surface area contributed by atoms with Crippen LogP contribution < -0.4 is 0 Å². The molecule has 0 N–H and O–H groups in total. The molecule has 1 aliphatic heterocycles. The molecule has 0 aromatic carbocycles. The summed E-state index contributed by atoms with van der Waals surface area (Å²) in [7, 11) is 0. The van der Waals surface area contributed by atoms with Crippen molar-refractivity contribution in [3.63, 3.8) is 0 Å². The molecule has 0 spiro atoms. The fourth-order valence-electron chi connectivity index (χ4n) is 1.94. The lowest BCUT2D eigenvalue weighted by atomic mass is 10.1. The van der Waals surface area contributed by atoms with E-state index in [0.29, 0.717) is 0 Å². The van der Waals surface area contributed by atoms with Gasteiger partial charge in [-0.3, -0.25) is 14.4 Å². The van der Waals surface area contributed by atoms with Gasteiger partial charge in [0.2, 0.25) is 0 Å². The van der Waals surface area contributed by atoms with E-state index >= 15 is 0 Å². The summed E-state index contributed by atoms with van der Waals surface area (Å²) in [4.78, 5) is 33.6. The molecule has 1 saturated heterocycles. The predicted molar refractivity (Wildman–Crippen MR) is 76.6 cm³/mol. The number of hydrogen-bond acceptors (Lipinski definition) is 8. The fraction of sp³-hybridized carbons (Fsp3) is 0.750. The van der Waals surface area contributed by atoms with E-state index in [0.717, 1.165) is 32.5 Å². The molecule has 0 saturated carbocycles. The Balaban J connectivity index is 3.06. The molecule has 0 bridgehead atoms. The van der Waals surface area contributed by atoms with E-state index in [1.807, 2.05) is 0 Å². The minimum Gasteiger partial charge on any atom is -0.458 e.